The highest BCUT2D eigenvalue weighted by Crippen LogP contribution is 2.29. The molecule has 0 aliphatic carbocycles. The van der Waals surface area contributed by atoms with Crippen molar-refractivity contribution in [3.63, 3.8) is 0 Å². The summed E-state index contributed by atoms with van der Waals surface area (Å²) in [6.07, 6.45) is 1.05. The normalized spacial score (nSPS) is 21.6. The topological polar surface area (TPSA) is 39.9 Å². The third-order valence-corrected chi connectivity index (χ3v) is 3.34. The summed E-state index contributed by atoms with van der Waals surface area (Å²) < 4.78 is 7.67. The monoisotopic (exact) mass is 287 g/mol. The Kier molecular flexibility index (Phi) is 3.35. The van der Waals surface area contributed by atoms with Gasteiger partial charge in [0.05, 0.1) is 11.9 Å². The van der Waals surface area contributed by atoms with Crippen molar-refractivity contribution >= 4 is 15.9 Å². The van der Waals surface area contributed by atoms with E-state index >= 15 is 0 Å². The van der Waals surface area contributed by atoms with Gasteiger partial charge in [0.2, 0.25) is 0 Å². The molecule has 0 spiro atoms. The van der Waals surface area contributed by atoms with Crippen molar-refractivity contribution in [2.75, 3.05) is 13.2 Å². The van der Waals surface area contributed by atoms with Crippen molar-refractivity contribution in [3.05, 3.63) is 11.6 Å². The summed E-state index contributed by atoms with van der Waals surface area (Å²) in [5, 5.41) is 9.34. The van der Waals surface area contributed by atoms with Crippen molar-refractivity contribution in [2.24, 2.45) is 0 Å². The second-order valence-corrected chi connectivity index (χ2v) is 5.74. The highest BCUT2D eigenvalue weighted by Gasteiger charge is 2.29. The van der Waals surface area contributed by atoms with Crippen LogP contribution < -0.4 is 0 Å². The smallest absolute Gasteiger partial charge is 0.144 e. The molecule has 1 aromatic heterocycles. The van der Waals surface area contributed by atoms with E-state index in [1.807, 2.05) is 0 Å². The fraction of sp³-hybridized carbons (Fsp3) is 0.818. The predicted octanol–water partition coefficient (Wildman–Crippen LogP) is 2.43. The van der Waals surface area contributed by atoms with E-state index in [1.54, 1.807) is 0 Å². The van der Waals surface area contributed by atoms with E-state index in [0.29, 0.717) is 5.92 Å². The quantitative estimate of drug-likeness (QED) is 0.785. The summed E-state index contributed by atoms with van der Waals surface area (Å²) in [6, 6.07) is 0. The third-order valence-electron chi connectivity index (χ3n) is 2.84. The minimum atomic E-state index is 0.0184. The van der Waals surface area contributed by atoms with E-state index in [0.717, 1.165) is 36.6 Å². The van der Waals surface area contributed by atoms with Crippen molar-refractivity contribution < 1.29 is 4.74 Å². The fourth-order valence-corrected chi connectivity index (χ4v) is 2.51. The minimum absolute atomic E-state index is 0.0184. The first-order chi connectivity index (χ1) is 7.54. The van der Waals surface area contributed by atoms with E-state index in [1.165, 1.54) is 0 Å². The standard InChI is InChI=1S/C11H18BrN3O/c1-11(2,3)15-9(6-12)13-14-10(15)8-4-5-16-7-8/h8H,4-7H2,1-3H3. The molecule has 0 aromatic carbocycles. The molecule has 16 heavy (non-hydrogen) atoms. The van der Waals surface area contributed by atoms with Crippen LogP contribution in [0, 0.1) is 0 Å². The molecule has 1 fully saturated rings. The summed E-state index contributed by atoms with van der Waals surface area (Å²) >= 11 is 3.47. The van der Waals surface area contributed by atoms with Gasteiger partial charge in [0.15, 0.2) is 0 Å². The number of alkyl halides is 1. The number of hydrogen-bond acceptors (Lipinski definition) is 3. The molecule has 1 aliphatic rings. The summed E-state index contributed by atoms with van der Waals surface area (Å²) in [7, 11) is 0. The molecule has 4 nitrogen and oxygen atoms in total. The van der Waals surface area contributed by atoms with E-state index in [4.69, 9.17) is 4.74 Å². The Labute approximate surface area is 105 Å². The van der Waals surface area contributed by atoms with Crippen molar-refractivity contribution in [1.82, 2.24) is 14.8 Å². The number of nitrogens with zero attached hydrogens (tertiary/aromatic N) is 3. The number of halogens is 1. The van der Waals surface area contributed by atoms with Crippen LogP contribution in [0.5, 0.6) is 0 Å². The molecule has 1 saturated heterocycles. The van der Waals surface area contributed by atoms with Gasteiger partial charge in [-0.3, -0.25) is 0 Å². The maximum Gasteiger partial charge on any atom is 0.144 e. The second-order valence-electron chi connectivity index (χ2n) is 5.17. The zero-order valence-electron chi connectivity index (χ0n) is 10.0. The van der Waals surface area contributed by atoms with E-state index in [2.05, 4.69) is 51.5 Å². The van der Waals surface area contributed by atoms with Gasteiger partial charge in [0.1, 0.15) is 11.6 Å². The minimum Gasteiger partial charge on any atom is -0.381 e. The van der Waals surface area contributed by atoms with Crippen LogP contribution in [0.1, 0.15) is 44.8 Å². The molecular weight excluding hydrogens is 270 g/mol. The van der Waals surface area contributed by atoms with Gasteiger partial charge in [-0.25, -0.2) is 0 Å². The van der Waals surface area contributed by atoms with Gasteiger partial charge in [-0.1, -0.05) is 15.9 Å². The molecule has 2 rings (SSSR count). The van der Waals surface area contributed by atoms with Crippen molar-refractivity contribution in [3.8, 4) is 0 Å². The molecule has 1 aromatic rings. The van der Waals surface area contributed by atoms with Crippen LogP contribution in [0.2, 0.25) is 0 Å². The first-order valence-corrected chi connectivity index (χ1v) is 6.74. The predicted molar refractivity (Wildman–Crippen MR) is 65.8 cm³/mol. The molecular formula is C11H18BrN3O. The lowest BCUT2D eigenvalue weighted by Gasteiger charge is -2.26. The molecule has 1 unspecified atom stereocenters. The SMILES string of the molecule is CC(C)(C)n1c(CBr)nnc1C1CCOC1. The molecule has 5 heteroatoms. The third kappa shape index (κ3) is 2.15. The number of rotatable bonds is 2. The molecule has 1 aliphatic heterocycles. The molecule has 0 radical (unpaired) electrons. The number of hydrogen-bond donors (Lipinski definition) is 0. The Balaban J connectivity index is 2.41. The van der Waals surface area contributed by atoms with Crippen LogP contribution >= 0.6 is 15.9 Å². The maximum absolute atomic E-state index is 5.43. The molecule has 0 N–H and O–H groups in total. The van der Waals surface area contributed by atoms with Crippen LogP contribution in [0.25, 0.3) is 0 Å². The van der Waals surface area contributed by atoms with E-state index in [9.17, 15) is 0 Å². The van der Waals surface area contributed by atoms with E-state index < -0.39 is 0 Å². The lowest BCUT2D eigenvalue weighted by atomic mass is 10.0. The van der Waals surface area contributed by atoms with Crippen LogP contribution in [0.3, 0.4) is 0 Å². The van der Waals surface area contributed by atoms with Gasteiger partial charge in [0, 0.05) is 18.1 Å². The van der Waals surface area contributed by atoms with Crippen LogP contribution in [-0.2, 0) is 15.6 Å². The van der Waals surface area contributed by atoms with Crippen molar-refractivity contribution in [1.29, 1.82) is 0 Å². The Morgan fingerprint density at radius 3 is 2.69 bits per heavy atom. The Bertz CT molecular complexity index is 364. The molecule has 0 amide bonds. The summed E-state index contributed by atoms with van der Waals surface area (Å²) in [6.45, 7) is 8.16. The molecule has 2 heterocycles. The molecule has 0 bridgehead atoms. The summed E-state index contributed by atoms with van der Waals surface area (Å²) in [4.78, 5) is 0. The van der Waals surface area contributed by atoms with Crippen LogP contribution in [-0.4, -0.2) is 28.0 Å². The number of ether oxygens (including phenoxy) is 1. The van der Waals surface area contributed by atoms with Gasteiger partial charge < -0.3 is 9.30 Å². The Morgan fingerprint density at radius 2 is 2.19 bits per heavy atom. The van der Waals surface area contributed by atoms with E-state index in [-0.39, 0.29) is 5.54 Å². The Hall–Kier alpha value is -0.420. The molecule has 1 atom stereocenters. The van der Waals surface area contributed by atoms with Crippen LogP contribution in [0.15, 0.2) is 0 Å². The molecule has 90 valence electrons. The average Bonchev–Trinajstić information content (AvgIpc) is 2.84. The maximum atomic E-state index is 5.43. The first kappa shape index (κ1) is 12.0. The average molecular weight is 288 g/mol. The largest absolute Gasteiger partial charge is 0.381 e. The van der Waals surface area contributed by atoms with Gasteiger partial charge in [0.25, 0.3) is 0 Å². The Morgan fingerprint density at radius 1 is 1.44 bits per heavy atom. The number of aromatic nitrogens is 3. The fourth-order valence-electron chi connectivity index (χ4n) is 2.15. The first-order valence-electron chi connectivity index (χ1n) is 5.62. The van der Waals surface area contributed by atoms with Gasteiger partial charge in [-0.2, -0.15) is 0 Å². The lowest BCUT2D eigenvalue weighted by molar-refractivity contribution is 0.191. The summed E-state index contributed by atoms with van der Waals surface area (Å²) in [5.74, 6) is 2.47. The lowest BCUT2D eigenvalue weighted by Crippen LogP contribution is -2.27. The zero-order valence-corrected chi connectivity index (χ0v) is 11.6. The second kappa shape index (κ2) is 4.45. The zero-order chi connectivity index (χ0) is 11.8. The van der Waals surface area contributed by atoms with Crippen molar-refractivity contribution in [2.45, 2.75) is 44.0 Å². The summed E-state index contributed by atoms with van der Waals surface area (Å²) in [5.41, 5.74) is 0.0184. The van der Waals surface area contributed by atoms with Gasteiger partial charge >= 0.3 is 0 Å². The van der Waals surface area contributed by atoms with Crippen LogP contribution in [0.4, 0.5) is 0 Å². The highest BCUT2D eigenvalue weighted by atomic mass is 79.9. The van der Waals surface area contributed by atoms with Gasteiger partial charge in [-0.05, 0) is 27.2 Å². The van der Waals surface area contributed by atoms with Gasteiger partial charge in [-0.15, -0.1) is 10.2 Å². The molecule has 0 saturated carbocycles. The highest BCUT2D eigenvalue weighted by molar-refractivity contribution is 9.08.